The maximum atomic E-state index is 5.71. The predicted molar refractivity (Wildman–Crippen MR) is 82.3 cm³/mol. The van der Waals surface area contributed by atoms with Gasteiger partial charge in [-0.1, -0.05) is 24.3 Å². The third kappa shape index (κ3) is 3.60. The molecule has 3 nitrogen and oxygen atoms in total. The molecule has 0 aliphatic heterocycles. The zero-order chi connectivity index (χ0) is 14.3. The summed E-state index contributed by atoms with van der Waals surface area (Å²) in [5, 5.41) is 3.39. The highest BCUT2D eigenvalue weighted by atomic mass is 16.5. The van der Waals surface area contributed by atoms with Crippen LogP contribution in [0.1, 0.15) is 30.4 Å². The molecule has 3 heteroatoms. The molecule has 0 radical (unpaired) electrons. The highest BCUT2D eigenvalue weighted by Gasteiger charge is 2.35. The first-order valence-corrected chi connectivity index (χ1v) is 7.62. The van der Waals surface area contributed by atoms with E-state index in [1.165, 1.54) is 30.4 Å². The molecule has 112 valence electrons. The molecule has 1 aliphatic rings. The van der Waals surface area contributed by atoms with Crippen molar-refractivity contribution in [2.45, 2.75) is 31.1 Å². The molecule has 1 aromatic carbocycles. The fraction of sp³-hybridized carbons (Fsp3) is 0.647. The van der Waals surface area contributed by atoms with Crippen molar-refractivity contribution in [1.82, 2.24) is 5.32 Å². The Balaban J connectivity index is 2.06. The second-order valence-corrected chi connectivity index (χ2v) is 5.68. The Kier molecular flexibility index (Phi) is 6.02. The summed E-state index contributed by atoms with van der Waals surface area (Å²) in [7, 11) is 3.76. The van der Waals surface area contributed by atoms with E-state index in [0.717, 1.165) is 19.6 Å². The molecule has 0 saturated carbocycles. The van der Waals surface area contributed by atoms with Crippen molar-refractivity contribution in [2.75, 3.05) is 40.5 Å². The summed E-state index contributed by atoms with van der Waals surface area (Å²) in [5.41, 5.74) is 3.28. The molecule has 2 rings (SSSR count). The van der Waals surface area contributed by atoms with Gasteiger partial charge < -0.3 is 14.8 Å². The van der Waals surface area contributed by atoms with Gasteiger partial charge in [-0.15, -0.1) is 0 Å². The largest absolute Gasteiger partial charge is 0.382 e. The Morgan fingerprint density at radius 3 is 2.85 bits per heavy atom. The number of fused-ring (bicyclic) bond motifs is 1. The Morgan fingerprint density at radius 2 is 2.05 bits per heavy atom. The van der Waals surface area contributed by atoms with Crippen LogP contribution < -0.4 is 5.32 Å². The van der Waals surface area contributed by atoms with Crippen LogP contribution in [0, 0.1) is 0 Å². The first-order valence-electron chi connectivity index (χ1n) is 7.62. The van der Waals surface area contributed by atoms with E-state index in [1.807, 2.05) is 7.05 Å². The number of ether oxygens (including phenoxy) is 2. The van der Waals surface area contributed by atoms with E-state index in [4.69, 9.17) is 9.47 Å². The molecular weight excluding hydrogens is 250 g/mol. The molecule has 0 heterocycles. The van der Waals surface area contributed by atoms with Gasteiger partial charge in [0.05, 0.1) is 13.2 Å². The average Bonchev–Trinajstić information content (AvgIpc) is 2.48. The third-order valence-electron chi connectivity index (χ3n) is 4.36. The minimum atomic E-state index is 0.233. The summed E-state index contributed by atoms with van der Waals surface area (Å²) < 4.78 is 10.7. The van der Waals surface area contributed by atoms with E-state index in [0.29, 0.717) is 13.2 Å². The molecule has 1 N–H and O–H groups in total. The van der Waals surface area contributed by atoms with Gasteiger partial charge in [0.1, 0.15) is 0 Å². The van der Waals surface area contributed by atoms with Crippen molar-refractivity contribution < 1.29 is 9.47 Å². The maximum Gasteiger partial charge on any atom is 0.0700 e. The zero-order valence-electron chi connectivity index (χ0n) is 12.8. The number of aryl methyl sites for hydroxylation is 1. The fourth-order valence-corrected chi connectivity index (χ4v) is 3.39. The standard InChI is InChI=1S/C17H27NO2/c1-18-14-17(10-11-20-13-12-19-2)9-5-7-15-6-3-4-8-16(15)17/h3-4,6,8,18H,5,7,9-14H2,1-2H3. The van der Waals surface area contributed by atoms with Crippen LogP contribution in [0.3, 0.4) is 0 Å². The van der Waals surface area contributed by atoms with Crippen LogP contribution >= 0.6 is 0 Å². The summed E-state index contributed by atoms with van der Waals surface area (Å²) in [5.74, 6) is 0. The molecule has 1 atom stereocenters. The molecule has 0 bridgehead atoms. The van der Waals surface area contributed by atoms with E-state index in [2.05, 4.69) is 29.6 Å². The molecule has 20 heavy (non-hydrogen) atoms. The van der Waals surface area contributed by atoms with E-state index < -0.39 is 0 Å². The lowest BCUT2D eigenvalue weighted by Gasteiger charge is -2.39. The van der Waals surface area contributed by atoms with E-state index in [1.54, 1.807) is 7.11 Å². The van der Waals surface area contributed by atoms with Crippen LogP contribution in [0.2, 0.25) is 0 Å². The monoisotopic (exact) mass is 277 g/mol. The topological polar surface area (TPSA) is 30.5 Å². The molecule has 0 fully saturated rings. The van der Waals surface area contributed by atoms with Crippen LogP contribution in [0.5, 0.6) is 0 Å². The van der Waals surface area contributed by atoms with Crippen LogP contribution in [0.4, 0.5) is 0 Å². The first kappa shape index (κ1) is 15.5. The van der Waals surface area contributed by atoms with Crippen LogP contribution in [-0.4, -0.2) is 40.5 Å². The number of hydrogen-bond donors (Lipinski definition) is 1. The molecule has 1 aromatic rings. The molecule has 1 unspecified atom stereocenters. The third-order valence-corrected chi connectivity index (χ3v) is 4.36. The molecule has 0 saturated heterocycles. The lowest BCUT2D eigenvalue weighted by molar-refractivity contribution is 0.0587. The summed E-state index contributed by atoms with van der Waals surface area (Å²) in [4.78, 5) is 0. The van der Waals surface area contributed by atoms with Gasteiger partial charge in [-0.2, -0.15) is 0 Å². The lowest BCUT2D eigenvalue weighted by atomic mass is 9.68. The van der Waals surface area contributed by atoms with Gasteiger partial charge >= 0.3 is 0 Å². The van der Waals surface area contributed by atoms with Gasteiger partial charge in [-0.05, 0) is 43.9 Å². The molecule has 1 aliphatic carbocycles. The van der Waals surface area contributed by atoms with Gasteiger partial charge in [-0.25, -0.2) is 0 Å². The van der Waals surface area contributed by atoms with Gasteiger partial charge in [-0.3, -0.25) is 0 Å². The highest BCUT2D eigenvalue weighted by Crippen LogP contribution is 2.39. The number of likely N-dealkylation sites (N-methyl/N-ethyl adjacent to an activating group) is 1. The number of methoxy groups -OCH3 is 1. The molecular formula is C17H27NO2. The van der Waals surface area contributed by atoms with Crippen molar-refractivity contribution in [1.29, 1.82) is 0 Å². The van der Waals surface area contributed by atoms with Crippen LogP contribution in [0.15, 0.2) is 24.3 Å². The van der Waals surface area contributed by atoms with E-state index in [-0.39, 0.29) is 5.41 Å². The van der Waals surface area contributed by atoms with Crippen molar-refractivity contribution >= 4 is 0 Å². The summed E-state index contributed by atoms with van der Waals surface area (Å²) in [6.45, 7) is 3.19. The van der Waals surface area contributed by atoms with Crippen molar-refractivity contribution in [2.24, 2.45) is 0 Å². The van der Waals surface area contributed by atoms with E-state index in [9.17, 15) is 0 Å². The second-order valence-electron chi connectivity index (χ2n) is 5.68. The quantitative estimate of drug-likeness (QED) is 0.741. The van der Waals surface area contributed by atoms with Crippen LogP contribution in [0.25, 0.3) is 0 Å². The van der Waals surface area contributed by atoms with Crippen molar-refractivity contribution in [3.05, 3.63) is 35.4 Å². The summed E-state index contributed by atoms with van der Waals surface area (Å²) in [6, 6.07) is 8.91. The first-order chi connectivity index (χ1) is 9.82. The van der Waals surface area contributed by atoms with Gasteiger partial charge in [0.2, 0.25) is 0 Å². The zero-order valence-corrected chi connectivity index (χ0v) is 12.8. The molecule has 0 spiro atoms. The van der Waals surface area contributed by atoms with E-state index >= 15 is 0 Å². The maximum absolute atomic E-state index is 5.71. The number of hydrogen-bond acceptors (Lipinski definition) is 3. The number of nitrogens with one attached hydrogen (secondary N) is 1. The smallest absolute Gasteiger partial charge is 0.0700 e. The minimum absolute atomic E-state index is 0.233. The molecule has 0 aromatic heterocycles. The fourth-order valence-electron chi connectivity index (χ4n) is 3.39. The Hall–Kier alpha value is -0.900. The van der Waals surface area contributed by atoms with Crippen molar-refractivity contribution in [3.8, 4) is 0 Å². The average molecular weight is 277 g/mol. The minimum Gasteiger partial charge on any atom is -0.382 e. The Morgan fingerprint density at radius 1 is 1.20 bits per heavy atom. The predicted octanol–water partition coefficient (Wildman–Crippen LogP) is 2.53. The number of rotatable bonds is 8. The van der Waals surface area contributed by atoms with Gasteiger partial charge in [0.25, 0.3) is 0 Å². The van der Waals surface area contributed by atoms with Crippen LogP contribution in [-0.2, 0) is 21.3 Å². The summed E-state index contributed by atoms with van der Waals surface area (Å²) in [6.07, 6.45) is 4.82. The SMILES string of the molecule is CNCC1(CCOCCOC)CCCc2ccccc21. The summed E-state index contributed by atoms with van der Waals surface area (Å²) >= 11 is 0. The molecule has 0 amide bonds. The van der Waals surface area contributed by atoms with Crippen molar-refractivity contribution in [3.63, 3.8) is 0 Å². The Bertz CT molecular complexity index is 408. The lowest BCUT2D eigenvalue weighted by Crippen LogP contribution is -2.41. The van der Waals surface area contributed by atoms with Gasteiger partial charge in [0, 0.05) is 25.7 Å². The highest BCUT2D eigenvalue weighted by molar-refractivity contribution is 5.37. The van der Waals surface area contributed by atoms with Gasteiger partial charge in [0.15, 0.2) is 0 Å². The normalized spacial score (nSPS) is 21.7. The number of benzene rings is 1. The second kappa shape index (κ2) is 7.77. The Labute approximate surface area is 122 Å².